The summed E-state index contributed by atoms with van der Waals surface area (Å²) in [6, 6.07) is 7.37. The van der Waals surface area contributed by atoms with Gasteiger partial charge in [0.05, 0.1) is 4.92 Å². The van der Waals surface area contributed by atoms with Gasteiger partial charge in [-0.15, -0.1) is 0 Å². The maximum atomic E-state index is 10.7. The van der Waals surface area contributed by atoms with Gasteiger partial charge in [0.2, 0.25) is 0 Å². The Bertz CT molecular complexity index is 653. The summed E-state index contributed by atoms with van der Waals surface area (Å²) in [6.07, 6.45) is 2.97. The van der Waals surface area contributed by atoms with Crippen LogP contribution in [0.2, 0.25) is 0 Å². The molecule has 2 aromatic rings. The number of rotatable bonds is 3. The number of nitro benzene ring substituents is 1. The van der Waals surface area contributed by atoms with E-state index in [1.54, 1.807) is 12.3 Å². The molecule has 1 heterocycles. The lowest BCUT2D eigenvalue weighted by atomic mass is 10.2. The molecule has 0 fully saturated rings. The van der Waals surface area contributed by atoms with E-state index < -0.39 is 4.92 Å². The number of phenolic OH excluding ortho intramolecular Hbond substituents is 1. The molecule has 0 bridgehead atoms. The highest BCUT2D eigenvalue weighted by Crippen LogP contribution is 2.22. The van der Waals surface area contributed by atoms with Crippen molar-refractivity contribution in [1.82, 2.24) is 4.98 Å². The third-order valence-corrected chi connectivity index (χ3v) is 2.46. The topological polar surface area (TPSA) is 88.6 Å². The molecular weight excluding hydrogens is 246 g/mol. The molecule has 0 aliphatic carbocycles. The van der Waals surface area contributed by atoms with Crippen molar-refractivity contribution in [3.8, 4) is 5.75 Å². The highest BCUT2D eigenvalue weighted by Gasteiger charge is 2.08. The van der Waals surface area contributed by atoms with Crippen LogP contribution in [0.25, 0.3) is 0 Å². The smallest absolute Gasteiger partial charge is 0.270 e. The van der Waals surface area contributed by atoms with Gasteiger partial charge >= 0.3 is 0 Å². The molecule has 0 saturated carbocycles. The van der Waals surface area contributed by atoms with Crippen molar-refractivity contribution >= 4 is 17.7 Å². The van der Waals surface area contributed by atoms with E-state index in [1.807, 2.05) is 13.0 Å². The number of hydrogen-bond acceptors (Lipinski definition) is 5. The highest BCUT2D eigenvalue weighted by molar-refractivity contribution is 5.86. The molecule has 0 spiro atoms. The van der Waals surface area contributed by atoms with Crippen LogP contribution in [0, 0.1) is 17.0 Å². The molecule has 0 atom stereocenters. The minimum Gasteiger partial charge on any atom is -0.507 e. The van der Waals surface area contributed by atoms with Crippen LogP contribution in [0.4, 0.5) is 11.5 Å². The van der Waals surface area contributed by atoms with Crippen LogP contribution in [-0.4, -0.2) is 21.2 Å². The van der Waals surface area contributed by atoms with Crippen molar-refractivity contribution in [2.75, 3.05) is 0 Å². The van der Waals surface area contributed by atoms with Crippen molar-refractivity contribution in [2.45, 2.75) is 6.92 Å². The molecule has 6 nitrogen and oxygen atoms in total. The minimum atomic E-state index is -0.526. The van der Waals surface area contributed by atoms with E-state index in [-0.39, 0.29) is 17.0 Å². The number of aromatic nitrogens is 1. The van der Waals surface area contributed by atoms with Gasteiger partial charge < -0.3 is 5.11 Å². The Morgan fingerprint density at radius 3 is 2.84 bits per heavy atom. The van der Waals surface area contributed by atoms with Crippen molar-refractivity contribution in [1.29, 1.82) is 0 Å². The summed E-state index contributed by atoms with van der Waals surface area (Å²) >= 11 is 0. The minimum absolute atomic E-state index is 0.0676. The van der Waals surface area contributed by atoms with Crippen LogP contribution in [-0.2, 0) is 0 Å². The Hall–Kier alpha value is -2.76. The fourth-order valence-electron chi connectivity index (χ4n) is 1.49. The number of benzene rings is 1. The fourth-order valence-corrected chi connectivity index (χ4v) is 1.49. The Balaban J connectivity index is 2.32. The predicted molar refractivity (Wildman–Crippen MR) is 71.0 cm³/mol. The van der Waals surface area contributed by atoms with E-state index in [0.29, 0.717) is 5.82 Å². The monoisotopic (exact) mass is 257 g/mol. The summed E-state index contributed by atoms with van der Waals surface area (Å²) < 4.78 is 0. The maximum absolute atomic E-state index is 10.7. The number of aryl methyl sites for hydroxylation is 1. The van der Waals surface area contributed by atoms with Crippen molar-refractivity contribution in [2.24, 2.45) is 4.99 Å². The second-order valence-electron chi connectivity index (χ2n) is 3.95. The third kappa shape index (κ3) is 3.12. The van der Waals surface area contributed by atoms with E-state index in [0.717, 1.165) is 5.56 Å². The summed E-state index contributed by atoms with van der Waals surface area (Å²) in [5, 5.41) is 20.3. The number of non-ortho nitro benzene ring substituents is 1. The van der Waals surface area contributed by atoms with E-state index in [2.05, 4.69) is 9.98 Å². The molecule has 6 heteroatoms. The standard InChI is InChI=1S/C13H11N3O3/c1-9-4-5-14-13(6-9)15-8-10-7-11(16(18)19)2-3-12(10)17/h2-8,17H,1H3. The first-order valence-electron chi connectivity index (χ1n) is 5.50. The van der Waals surface area contributed by atoms with Crippen LogP contribution in [0.3, 0.4) is 0 Å². The average Bonchev–Trinajstić information content (AvgIpc) is 2.37. The number of nitro groups is 1. The molecule has 0 amide bonds. The molecular formula is C13H11N3O3. The summed E-state index contributed by atoms with van der Waals surface area (Å²) in [5.74, 6) is 0.410. The predicted octanol–water partition coefficient (Wildman–Crippen LogP) is 2.75. The SMILES string of the molecule is Cc1ccnc(N=Cc2cc([N+](=O)[O-])ccc2O)c1. The van der Waals surface area contributed by atoms with Crippen molar-refractivity contribution in [3.05, 3.63) is 57.8 Å². The van der Waals surface area contributed by atoms with E-state index >= 15 is 0 Å². The summed E-state index contributed by atoms with van der Waals surface area (Å²) in [7, 11) is 0. The molecule has 1 aromatic carbocycles. The van der Waals surface area contributed by atoms with Gasteiger partial charge in [0.15, 0.2) is 5.82 Å². The molecule has 0 radical (unpaired) electrons. The molecule has 1 aromatic heterocycles. The van der Waals surface area contributed by atoms with Crippen LogP contribution in [0.1, 0.15) is 11.1 Å². The lowest BCUT2D eigenvalue weighted by Crippen LogP contribution is -1.90. The Morgan fingerprint density at radius 1 is 1.37 bits per heavy atom. The van der Waals surface area contributed by atoms with Gasteiger partial charge in [0.25, 0.3) is 5.69 Å². The number of phenols is 1. The van der Waals surface area contributed by atoms with E-state index in [9.17, 15) is 15.2 Å². The van der Waals surface area contributed by atoms with Gasteiger partial charge in [-0.2, -0.15) is 0 Å². The summed E-state index contributed by atoms with van der Waals surface area (Å²) in [4.78, 5) is 18.2. The van der Waals surface area contributed by atoms with Gasteiger partial charge in [0.1, 0.15) is 5.75 Å². The zero-order valence-corrected chi connectivity index (χ0v) is 10.1. The first kappa shape index (κ1) is 12.7. The van der Waals surface area contributed by atoms with Crippen LogP contribution in [0.15, 0.2) is 41.5 Å². The summed E-state index contributed by atoms with van der Waals surface area (Å²) in [5.41, 5.74) is 1.18. The van der Waals surface area contributed by atoms with Crippen molar-refractivity contribution < 1.29 is 10.0 Å². The van der Waals surface area contributed by atoms with Crippen LogP contribution < -0.4 is 0 Å². The number of hydrogen-bond donors (Lipinski definition) is 1. The van der Waals surface area contributed by atoms with Crippen LogP contribution in [0.5, 0.6) is 5.75 Å². The average molecular weight is 257 g/mol. The molecule has 96 valence electrons. The normalized spacial score (nSPS) is 10.8. The number of aromatic hydroxyl groups is 1. The third-order valence-electron chi connectivity index (χ3n) is 2.46. The fraction of sp³-hybridized carbons (Fsp3) is 0.0769. The number of pyridine rings is 1. The number of aliphatic imine (C=N–C) groups is 1. The Morgan fingerprint density at radius 2 is 2.16 bits per heavy atom. The van der Waals surface area contributed by atoms with Crippen LogP contribution >= 0.6 is 0 Å². The lowest BCUT2D eigenvalue weighted by molar-refractivity contribution is -0.384. The zero-order valence-electron chi connectivity index (χ0n) is 10.1. The summed E-state index contributed by atoms with van der Waals surface area (Å²) in [6.45, 7) is 1.91. The molecule has 0 saturated heterocycles. The molecule has 0 unspecified atom stereocenters. The van der Waals surface area contributed by atoms with Gasteiger partial charge in [-0.05, 0) is 30.7 Å². The molecule has 0 aliphatic rings. The largest absolute Gasteiger partial charge is 0.507 e. The molecule has 1 N–H and O–H groups in total. The molecule has 0 aliphatic heterocycles. The Kier molecular flexibility index (Phi) is 3.51. The molecule has 2 rings (SSSR count). The van der Waals surface area contributed by atoms with Crippen molar-refractivity contribution in [3.63, 3.8) is 0 Å². The first-order valence-corrected chi connectivity index (χ1v) is 5.50. The Labute approximate surface area is 109 Å². The number of nitrogens with zero attached hydrogens (tertiary/aromatic N) is 3. The lowest BCUT2D eigenvalue weighted by Gasteiger charge is -1.99. The first-order chi connectivity index (χ1) is 9.06. The second kappa shape index (κ2) is 5.26. The second-order valence-corrected chi connectivity index (χ2v) is 3.95. The van der Waals surface area contributed by atoms with Gasteiger partial charge in [-0.1, -0.05) is 0 Å². The van der Waals surface area contributed by atoms with E-state index in [4.69, 9.17) is 0 Å². The highest BCUT2D eigenvalue weighted by atomic mass is 16.6. The van der Waals surface area contributed by atoms with Gasteiger partial charge in [0, 0.05) is 30.1 Å². The van der Waals surface area contributed by atoms with Gasteiger partial charge in [-0.25, -0.2) is 9.98 Å². The molecule has 19 heavy (non-hydrogen) atoms. The maximum Gasteiger partial charge on any atom is 0.270 e. The van der Waals surface area contributed by atoms with E-state index in [1.165, 1.54) is 24.4 Å². The van der Waals surface area contributed by atoms with Gasteiger partial charge in [-0.3, -0.25) is 10.1 Å². The quantitative estimate of drug-likeness (QED) is 0.520. The zero-order chi connectivity index (χ0) is 13.8.